The molecule has 2 heterocycles. The van der Waals surface area contributed by atoms with Gasteiger partial charge >= 0.3 is 0 Å². The van der Waals surface area contributed by atoms with Crippen molar-refractivity contribution < 1.29 is 9.90 Å². The van der Waals surface area contributed by atoms with Gasteiger partial charge in [0, 0.05) is 25.0 Å². The van der Waals surface area contributed by atoms with Gasteiger partial charge in [0.05, 0.1) is 18.3 Å². The third-order valence-corrected chi connectivity index (χ3v) is 4.42. The van der Waals surface area contributed by atoms with Gasteiger partial charge in [-0.3, -0.25) is 9.69 Å². The molecule has 1 fully saturated rings. The number of aromatic nitrogens is 1. The van der Waals surface area contributed by atoms with Crippen molar-refractivity contribution in [3.63, 3.8) is 0 Å². The minimum atomic E-state index is -0.0107. The second-order valence-electron chi connectivity index (χ2n) is 5.30. The molecule has 1 aliphatic rings. The number of aliphatic hydroxyl groups excluding tert-OH is 1. The lowest BCUT2D eigenvalue weighted by Crippen LogP contribution is -2.54. The monoisotopic (exact) mass is 283 g/mol. The van der Waals surface area contributed by atoms with Crippen LogP contribution in [-0.4, -0.2) is 65.1 Å². The molecule has 0 aliphatic carbocycles. The molecule has 1 aliphatic heterocycles. The average molecular weight is 283 g/mol. The molecular weight excluding hydrogens is 262 g/mol. The van der Waals surface area contributed by atoms with Gasteiger partial charge in [0.15, 0.2) is 5.01 Å². The zero-order valence-electron chi connectivity index (χ0n) is 11.7. The van der Waals surface area contributed by atoms with E-state index in [1.165, 1.54) is 11.3 Å². The number of rotatable bonds is 3. The van der Waals surface area contributed by atoms with Crippen LogP contribution in [0.2, 0.25) is 0 Å². The van der Waals surface area contributed by atoms with Crippen molar-refractivity contribution in [2.45, 2.75) is 25.8 Å². The van der Waals surface area contributed by atoms with Gasteiger partial charge in [-0.25, -0.2) is 4.98 Å². The molecule has 0 spiro atoms. The summed E-state index contributed by atoms with van der Waals surface area (Å²) in [6.07, 6.45) is 0. The van der Waals surface area contributed by atoms with Crippen LogP contribution >= 0.6 is 11.3 Å². The van der Waals surface area contributed by atoms with E-state index in [-0.39, 0.29) is 18.6 Å². The first kappa shape index (κ1) is 14.4. The molecule has 106 valence electrons. The number of likely N-dealkylation sites (N-methyl/N-ethyl adjacent to an activating group) is 1. The van der Waals surface area contributed by atoms with E-state index in [4.69, 9.17) is 0 Å². The van der Waals surface area contributed by atoms with Gasteiger partial charge in [-0.1, -0.05) is 13.8 Å². The minimum absolute atomic E-state index is 0.0107. The summed E-state index contributed by atoms with van der Waals surface area (Å²) in [7, 11) is 1.98. The Morgan fingerprint density at radius 3 is 2.89 bits per heavy atom. The van der Waals surface area contributed by atoms with Gasteiger partial charge < -0.3 is 10.0 Å². The summed E-state index contributed by atoms with van der Waals surface area (Å²) in [5.74, 6) is 0.332. The number of piperazine rings is 1. The molecule has 1 amide bonds. The lowest BCUT2D eigenvalue weighted by Gasteiger charge is -2.38. The molecule has 2 rings (SSSR count). The van der Waals surface area contributed by atoms with E-state index in [0.717, 1.165) is 12.2 Å². The second kappa shape index (κ2) is 5.98. The standard InChI is InChI=1S/C13H21N3O2S/c1-9(2)11-8-19-12(14-11)13(18)16-5-4-15(3)10(6-16)7-17/h8-10,17H,4-7H2,1-3H3/t10-/m1/s1. The zero-order valence-corrected chi connectivity index (χ0v) is 12.5. The van der Waals surface area contributed by atoms with Gasteiger partial charge in [-0.05, 0) is 13.0 Å². The van der Waals surface area contributed by atoms with Crippen LogP contribution < -0.4 is 0 Å². The van der Waals surface area contributed by atoms with Crippen LogP contribution in [0.3, 0.4) is 0 Å². The first-order valence-corrected chi connectivity index (χ1v) is 7.46. The number of nitrogens with zero attached hydrogens (tertiary/aromatic N) is 3. The summed E-state index contributed by atoms with van der Waals surface area (Å²) in [6, 6.07) is 0.0298. The number of aliphatic hydroxyl groups is 1. The summed E-state index contributed by atoms with van der Waals surface area (Å²) < 4.78 is 0. The van der Waals surface area contributed by atoms with Crippen molar-refractivity contribution >= 4 is 17.2 Å². The van der Waals surface area contributed by atoms with Crippen LogP contribution in [0.1, 0.15) is 35.3 Å². The molecule has 5 nitrogen and oxygen atoms in total. The molecule has 19 heavy (non-hydrogen) atoms. The van der Waals surface area contributed by atoms with Gasteiger partial charge in [-0.15, -0.1) is 11.3 Å². The van der Waals surface area contributed by atoms with E-state index in [1.54, 1.807) is 4.90 Å². The Kier molecular flexibility index (Phi) is 4.54. The number of amides is 1. The highest BCUT2D eigenvalue weighted by atomic mass is 32.1. The number of carbonyl (C=O) groups excluding carboxylic acids is 1. The summed E-state index contributed by atoms with van der Waals surface area (Å²) in [6.45, 7) is 6.28. The van der Waals surface area contributed by atoms with Gasteiger partial charge in [0.2, 0.25) is 0 Å². The smallest absolute Gasteiger partial charge is 0.282 e. The fourth-order valence-electron chi connectivity index (χ4n) is 2.11. The van der Waals surface area contributed by atoms with Crippen LogP contribution in [0.25, 0.3) is 0 Å². The van der Waals surface area contributed by atoms with Crippen LogP contribution in [0, 0.1) is 0 Å². The fourth-order valence-corrected chi connectivity index (χ4v) is 3.06. The predicted molar refractivity (Wildman–Crippen MR) is 75.6 cm³/mol. The Morgan fingerprint density at radius 1 is 1.58 bits per heavy atom. The van der Waals surface area contributed by atoms with E-state index in [1.807, 2.05) is 12.4 Å². The Balaban J connectivity index is 2.06. The first-order valence-electron chi connectivity index (χ1n) is 6.58. The molecule has 1 N–H and O–H groups in total. The maximum absolute atomic E-state index is 12.4. The second-order valence-corrected chi connectivity index (χ2v) is 6.16. The van der Waals surface area contributed by atoms with Crippen LogP contribution in [0.4, 0.5) is 0 Å². The van der Waals surface area contributed by atoms with E-state index >= 15 is 0 Å². The molecule has 0 radical (unpaired) electrons. The number of hydrogen-bond acceptors (Lipinski definition) is 5. The van der Waals surface area contributed by atoms with E-state index in [0.29, 0.717) is 24.0 Å². The Morgan fingerprint density at radius 2 is 2.32 bits per heavy atom. The molecule has 1 aromatic rings. The van der Waals surface area contributed by atoms with E-state index < -0.39 is 0 Å². The molecule has 0 unspecified atom stereocenters. The minimum Gasteiger partial charge on any atom is -0.395 e. The van der Waals surface area contributed by atoms with Crippen molar-refractivity contribution in [1.82, 2.24) is 14.8 Å². The van der Waals surface area contributed by atoms with Crippen LogP contribution in [0.15, 0.2) is 5.38 Å². The van der Waals surface area contributed by atoms with Crippen LogP contribution in [0.5, 0.6) is 0 Å². The molecule has 1 aromatic heterocycles. The molecule has 0 saturated carbocycles. The molecular formula is C13H21N3O2S. The lowest BCUT2D eigenvalue weighted by atomic mass is 10.2. The van der Waals surface area contributed by atoms with Crippen LogP contribution in [-0.2, 0) is 0 Å². The number of hydrogen-bond donors (Lipinski definition) is 1. The fraction of sp³-hybridized carbons (Fsp3) is 0.692. The SMILES string of the molecule is CC(C)c1csc(C(=O)N2CCN(C)[C@@H](CO)C2)n1. The summed E-state index contributed by atoms with van der Waals surface area (Å²) in [5, 5.41) is 11.8. The molecule has 1 atom stereocenters. The first-order chi connectivity index (χ1) is 9.02. The zero-order chi connectivity index (χ0) is 14.0. The molecule has 1 saturated heterocycles. The van der Waals surface area contributed by atoms with Crippen molar-refractivity contribution in [1.29, 1.82) is 0 Å². The quantitative estimate of drug-likeness (QED) is 0.899. The largest absolute Gasteiger partial charge is 0.395 e. The normalized spacial score (nSPS) is 21.1. The number of thiazole rings is 1. The summed E-state index contributed by atoms with van der Waals surface area (Å²) in [5.41, 5.74) is 0.973. The number of carbonyl (C=O) groups is 1. The van der Waals surface area contributed by atoms with Gasteiger partial charge in [0.1, 0.15) is 0 Å². The van der Waals surface area contributed by atoms with Crippen molar-refractivity contribution in [3.05, 3.63) is 16.1 Å². The Labute approximate surface area is 117 Å². The maximum atomic E-state index is 12.4. The Bertz CT molecular complexity index is 447. The van der Waals surface area contributed by atoms with Crippen molar-refractivity contribution in [3.8, 4) is 0 Å². The highest BCUT2D eigenvalue weighted by Gasteiger charge is 2.28. The molecule has 0 aromatic carbocycles. The topological polar surface area (TPSA) is 56.7 Å². The highest BCUT2D eigenvalue weighted by molar-refractivity contribution is 7.11. The average Bonchev–Trinajstić information content (AvgIpc) is 2.88. The third kappa shape index (κ3) is 3.13. The summed E-state index contributed by atoms with van der Waals surface area (Å²) >= 11 is 1.41. The molecule has 0 bridgehead atoms. The Hall–Kier alpha value is -0.980. The van der Waals surface area contributed by atoms with Gasteiger partial charge in [-0.2, -0.15) is 0 Å². The maximum Gasteiger partial charge on any atom is 0.282 e. The van der Waals surface area contributed by atoms with E-state index in [9.17, 15) is 9.90 Å². The third-order valence-electron chi connectivity index (χ3n) is 3.57. The van der Waals surface area contributed by atoms with E-state index in [2.05, 4.69) is 23.7 Å². The lowest BCUT2D eigenvalue weighted by molar-refractivity contribution is 0.0420. The highest BCUT2D eigenvalue weighted by Crippen LogP contribution is 2.20. The summed E-state index contributed by atoms with van der Waals surface area (Å²) in [4.78, 5) is 20.7. The van der Waals surface area contributed by atoms with Crippen molar-refractivity contribution in [2.75, 3.05) is 33.3 Å². The predicted octanol–water partition coefficient (Wildman–Crippen LogP) is 1.01. The van der Waals surface area contributed by atoms with Gasteiger partial charge in [0.25, 0.3) is 5.91 Å². The van der Waals surface area contributed by atoms with Crippen molar-refractivity contribution in [2.24, 2.45) is 0 Å². The molecule has 6 heteroatoms.